The van der Waals surface area contributed by atoms with Gasteiger partial charge in [0, 0.05) is 13.1 Å². The predicted octanol–water partition coefficient (Wildman–Crippen LogP) is 3.07. The van der Waals surface area contributed by atoms with Gasteiger partial charge in [-0.1, -0.05) is 25.2 Å². The zero-order chi connectivity index (χ0) is 11.7. The lowest BCUT2D eigenvalue weighted by Gasteiger charge is -2.13. The van der Waals surface area contributed by atoms with Gasteiger partial charge in [0.25, 0.3) is 0 Å². The van der Waals surface area contributed by atoms with E-state index in [9.17, 15) is 4.79 Å². The highest BCUT2D eigenvalue weighted by molar-refractivity contribution is 7.17. The predicted molar refractivity (Wildman–Crippen MR) is 67.6 cm³/mol. The summed E-state index contributed by atoms with van der Waals surface area (Å²) in [6.07, 6.45) is 4.48. The number of hydrogen-bond acceptors (Lipinski definition) is 4. The van der Waals surface area contributed by atoms with Crippen LogP contribution < -0.4 is 4.90 Å². The SMILES string of the molecule is CCC(C)c1nc(N(C)C2CC2)sc1C=O. The molecule has 1 atom stereocenters. The molecule has 1 saturated carbocycles. The maximum atomic E-state index is 11.0. The molecule has 0 aliphatic heterocycles. The first-order chi connectivity index (χ1) is 7.67. The maximum absolute atomic E-state index is 11.0. The number of anilines is 1. The number of nitrogens with zero attached hydrogens (tertiary/aromatic N) is 2. The van der Waals surface area contributed by atoms with Crippen LogP contribution in [0.25, 0.3) is 0 Å². The lowest BCUT2D eigenvalue weighted by atomic mass is 10.0. The van der Waals surface area contributed by atoms with Crippen molar-refractivity contribution < 1.29 is 4.79 Å². The fourth-order valence-electron chi connectivity index (χ4n) is 1.73. The van der Waals surface area contributed by atoms with Crippen molar-refractivity contribution in [3.63, 3.8) is 0 Å². The van der Waals surface area contributed by atoms with Crippen LogP contribution >= 0.6 is 11.3 Å². The number of thiazole rings is 1. The molecule has 0 saturated heterocycles. The summed E-state index contributed by atoms with van der Waals surface area (Å²) in [7, 11) is 2.07. The van der Waals surface area contributed by atoms with E-state index < -0.39 is 0 Å². The van der Waals surface area contributed by atoms with Crippen LogP contribution in [0.1, 0.15) is 54.4 Å². The van der Waals surface area contributed by atoms with E-state index in [1.54, 1.807) is 0 Å². The maximum Gasteiger partial charge on any atom is 0.186 e. The molecule has 1 aliphatic carbocycles. The van der Waals surface area contributed by atoms with Crippen molar-refractivity contribution in [3.05, 3.63) is 10.6 Å². The first kappa shape index (κ1) is 11.6. The largest absolute Gasteiger partial charge is 0.348 e. The molecule has 0 bridgehead atoms. The molecule has 1 heterocycles. The molecule has 16 heavy (non-hydrogen) atoms. The highest BCUT2D eigenvalue weighted by atomic mass is 32.1. The minimum absolute atomic E-state index is 0.373. The van der Waals surface area contributed by atoms with Crippen LogP contribution in [0.5, 0.6) is 0 Å². The number of rotatable bonds is 5. The van der Waals surface area contributed by atoms with Gasteiger partial charge in [0.2, 0.25) is 0 Å². The van der Waals surface area contributed by atoms with Gasteiger partial charge in [-0.3, -0.25) is 4.79 Å². The van der Waals surface area contributed by atoms with Crippen LogP contribution in [0.4, 0.5) is 5.13 Å². The summed E-state index contributed by atoms with van der Waals surface area (Å²) >= 11 is 1.53. The van der Waals surface area contributed by atoms with Gasteiger partial charge < -0.3 is 4.90 Å². The fourth-order valence-corrected chi connectivity index (χ4v) is 2.76. The van der Waals surface area contributed by atoms with Crippen molar-refractivity contribution in [2.24, 2.45) is 0 Å². The Labute approximate surface area is 100 Å². The van der Waals surface area contributed by atoms with Crippen LogP contribution in [0.15, 0.2) is 0 Å². The highest BCUT2D eigenvalue weighted by Gasteiger charge is 2.29. The van der Waals surface area contributed by atoms with Crippen molar-refractivity contribution in [2.45, 2.75) is 45.1 Å². The average molecular weight is 238 g/mol. The average Bonchev–Trinajstić information content (AvgIpc) is 3.06. The van der Waals surface area contributed by atoms with Gasteiger partial charge in [0.15, 0.2) is 11.4 Å². The van der Waals surface area contributed by atoms with Gasteiger partial charge in [-0.25, -0.2) is 4.98 Å². The standard InChI is InChI=1S/C12H18N2OS/c1-4-8(2)11-10(7-15)16-12(13-11)14(3)9-5-6-9/h7-9H,4-6H2,1-3H3. The topological polar surface area (TPSA) is 33.2 Å². The van der Waals surface area contributed by atoms with E-state index in [-0.39, 0.29) is 0 Å². The molecule has 4 heteroatoms. The zero-order valence-corrected chi connectivity index (χ0v) is 10.9. The first-order valence-electron chi connectivity index (χ1n) is 5.86. The molecule has 0 radical (unpaired) electrons. The highest BCUT2D eigenvalue weighted by Crippen LogP contribution is 2.35. The van der Waals surface area contributed by atoms with Crippen molar-refractivity contribution in [1.29, 1.82) is 0 Å². The molecule has 1 aliphatic rings. The second-order valence-corrected chi connectivity index (χ2v) is 5.52. The summed E-state index contributed by atoms with van der Waals surface area (Å²) < 4.78 is 0. The third-order valence-corrected chi connectivity index (χ3v) is 4.34. The Morgan fingerprint density at radius 1 is 1.62 bits per heavy atom. The fraction of sp³-hybridized carbons (Fsp3) is 0.667. The van der Waals surface area contributed by atoms with Gasteiger partial charge >= 0.3 is 0 Å². The molecule has 0 spiro atoms. The molecule has 1 fully saturated rings. The third kappa shape index (κ3) is 2.12. The second kappa shape index (κ2) is 4.53. The Bertz CT molecular complexity index is 384. The summed E-state index contributed by atoms with van der Waals surface area (Å²) in [5, 5.41) is 1.000. The number of carbonyl (C=O) groups excluding carboxylic acids is 1. The van der Waals surface area contributed by atoms with Crippen LogP contribution in [-0.2, 0) is 0 Å². The minimum Gasteiger partial charge on any atom is -0.348 e. The van der Waals surface area contributed by atoms with Crippen LogP contribution in [-0.4, -0.2) is 24.4 Å². The Morgan fingerprint density at radius 2 is 2.31 bits per heavy atom. The quantitative estimate of drug-likeness (QED) is 0.739. The molecule has 2 rings (SSSR count). The van der Waals surface area contributed by atoms with E-state index in [1.807, 2.05) is 0 Å². The lowest BCUT2D eigenvalue weighted by molar-refractivity contribution is 0.112. The smallest absolute Gasteiger partial charge is 0.186 e. The second-order valence-electron chi connectivity index (χ2n) is 4.52. The Kier molecular flexibility index (Phi) is 3.28. The minimum atomic E-state index is 0.373. The molecule has 1 aromatic rings. The van der Waals surface area contributed by atoms with Gasteiger partial charge in [-0.15, -0.1) is 0 Å². The van der Waals surface area contributed by atoms with E-state index in [0.717, 1.165) is 28.4 Å². The lowest BCUT2D eigenvalue weighted by Crippen LogP contribution is -2.19. The molecule has 88 valence electrons. The first-order valence-corrected chi connectivity index (χ1v) is 6.67. The van der Waals surface area contributed by atoms with E-state index >= 15 is 0 Å². The number of hydrogen-bond donors (Lipinski definition) is 0. The zero-order valence-electron chi connectivity index (χ0n) is 10.1. The Hall–Kier alpha value is -0.900. The molecule has 0 N–H and O–H groups in total. The normalized spacial score (nSPS) is 17.2. The van der Waals surface area contributed by atoms with Crippen LogP contribution in [0, 0.1) is 0 Å². The van der Waals surface area contributed by atoms with Crippen LogP contribution in [0.3, 0.4) is 0 Å². The van der Waals surface area contributed by atoms with Crippen molar-refractivity contribution >= 4 is 22.8 Å². The van der Waals surface area contributed by atoms with Gasteiger partial charge in [-0.05, 0) is 25.2 Å². The van der Waals surface area contributed by atoms with Gasteiger partial charge in [-0.2, -0.15) is 0 Å². The molecular weight excluding hydrogens is 220 g/mol. The number of aromatic nitrogens is 1. The molecule has 1 aromatic heterocycles. The Balaban J connectivity index is 2.27. The Morgan fingerprint density at radius 3 is 2.81 bits per heavy atom. The monoisotopic (exact) mass is 238 g/mol. The van der Waals surface area contributed by atoms with E-state index in [4.69, 9.17) is 0 Å². The summed E-state index contributed by atoms with van der Waals surface area (Å²) in [4.78, 5) is 18.7. The third-order valence-electron chi connectivity index (χ3n) is 3.25. The van der Waals surface area contributed by atoms with E-state index in [0.29, 0.717) is 12.0 Å². The van der Waals surface area contributed by atoms with Crippen LogP contribution in [0.2, 0.25) is 0 Å². The molecule has 3 nitrogen and oxygen atoms in total. The van der Waals surface area contributed by atoms with E-state index in [2.05, 4.69) is 30.8 Å². The molecule has 0 aromatic carbocycles. The van der Waals surface area contributed by atoms with Gasteiger partial charge in [0.1, 0.15) is 0 Å². The van der Waals surface area contributed by atoms with Crippen molar-refractivity contribution in [1.82, 2.24) is 4.98 Å². The summed E-state index contributed by atoms with van der Waals surface area (Å²) in [5.41, 5.74) is 0.977. The number of aldehydes is 1. The van der Waals surface area contributed by atoms with Gasteiger partial charge in [0.05, 0.1) is 10.6 Å². The summed E-state index contributed by atoms with van der Waals surface area (Å²) in [5.74, 6) is 0.373. The summed E-state index contributed by atoms with van der Waals surface area (Å²) in [6, 6.07) is 0.649. The number of carbonyl (C=O) groups is 1. The molecule has 0 amide bonds. The summed E-state index contributed by atoms with van der Waals surface area (Å²) in [6.45, 7) is 4.26. The molecular formula is C12H18N2OS. The van der Waals surface area contributed by atoms with Crippen molar-refractivity contribution in [3.8, 4) is 0 Å². The van der Waals surface area contributed by atoms with E-state index in [1.165, 1.54) is 24.2 Å². The molecule has 1 unspecified atom stereocenters. The van der Waals surface area contributed by atoms with Crippen molar-refractivity contribution in [2.75, 3.05) is 11.9 Å².